The highest BCUT2D eigenvalue weighted by molar-refractivity contribution is 4.73. The van der Waals surface area contributed by atoms with E-state index in [0.717, 1.165) is 39.1 Å². The van der Waals surface area contributed by atoms with Crippen LogP contribution in [-0.2, 0) is 4.74 Å². The van der Waals surface area contributed by atoms with Crippen LogP contribution in [0.15, 0.2) is 0 Å². The van der Waals surface area contributed by atoms with Crippen LogP contribution in [-0.4, -0.2) is 48.5 Å². The van der Waals surface area contributed by atoms with Gasteiger partial charge in [-0.3, -0.25) is 0 Å². The number of likely N-dealkylation sites (tertiary alicyclic amines) is 1. The normalized spacial score (nSPS) is 23.3. The molecule has 3 heteroatoms. The van der Waals surface area contributed by atoms with Crippen LogP contribution in [0.5, 0.6) is 0 Å². The maximum Gasteiger partial charge on any atom is 0.0639 e. The lowest BCUT2D eigenvalue weighted by molar-refractivity contribution is 0.00519. The maximum atomic E-state index is 9.20. The molecule has 1 unspecified atom stereocenters. The largest absolute Gasteiger partial charge is 0.392 e. The summed E-state index contributed by atoms with van der Waals surface area (Å²) in [6.45, 7) is 7.64. The van der Waals surface area contributed by atoms with Crippen molar-refractivity contribution in [3.63, 3.8) is 0 Å². The Labute approximate surface area is 80.7 Å². The first kappa shape index (κ1) is 11.0. The van der Waals surface area contributed by atoms with Gasteiger partial charge in [-0.2, -0.15) is 0 Å². The molecule has 1 heterocycles. The van der Waals surface area contributed by atoms with Gasteiger partial charge in [0.1, 0.15) is 0 Å². The van der Waals surface area contributed by atoms with Crippen molar-refractivity contribution in [2.45, 2.75) is 38.9 Å². The maximum absolute atomic E-state index is 9.20. The Morgan fingerprint density at radius 2 is 2.08 bits per heavy atom. The third-order valence-corrected chi connectivity index (χ3v) is 2.46. The molecule has 0 saturated carbocycles. The second-order valence-corrected chi connectivity index (χ2v) is 3.80. The standard InChI is InChI=1S/C10H21NO2/c1-3-13-10-4-6-11(7-5-10)8-9(2)12/h9-10,12H,3-8H2,1-2H3. The molecule has 0 aliphatic carbocycles. The third-order valence-electron chi connectivity index (χ3n) is 2.46. The number of β-amino-alcohol motifs (C(OH)–C–C–N with tert-alkyl or cyclic N) is 1. The lowest BCUT2D eigenvalue weighted by atomic mass is 10.1. The molecule has 0 radical (unpaired) electrons. The molecule has 3 nitrogen and oxygen atoms in total. The van der Waals surface area contributed by atoms with E-state index in [-0.39, 0.29) is 6.10 Å². The minimum atomic E-state index is -0.205. The van der Waals surface area contributed by atoms with E-state index in [1.165, 1.54) is 0 Å². The van der Waals surface area contributed by atoms with E-state index in [2.05, 4.69) is 4.90 Å². The number of aliphatic hydroxyl groups excluding tert-OH is 1. The molecule has 0 spiro atoms. The first-order chi connectivity index (χ1) is 6.22. The molecule has 0 amide bonds. The van der Waals surface area contributed by atoms with Crippen LogP contribution >= 0.6 is 0 Å². The predicted octanol–water partition coefficient (Wildman–Crippen LogP) is 0.868. The summed E-state index contributed by atoms with van der Waals surface area (Å²) in [5.41, 5.74) is 0. The molecule has 0 aromatic carbocycles. The molecule has 0 aromatic rings. The van der Waals surface area contributed by atoms with E-state index in [4.69, 9.17) is 4.74 Å². The van der Waals surface area contributed by atoms with Gasteiger partial charge in [0.15, 0.2) is 0 Å². The summed E-state index contributed by atoms with van der Waals surface area (Å²) in [6, 6.07) is 0. The van der Waals surface area contributed by atoms with Gasteiger partial charge in [0, 0.05) is 26.2 Å². The van der Waals surface area contributed by atoms with Crippen molar-refractivity contribution in [2.24, 2.45) is 0 Å². The number of piperidine rings is 1. The Morgan fingerprint density at radius 1 is 1.46 bits per heavy atom. The zero-order valence-electron chi connectivity index (χ0n) is 8.70. The van der Waals surface area contributed by atoms with Gasteiger partial charge >= 0.3 is 0 Å². The van der Waals surface area contributed by atoms with Crippen LogP contribution < -0.4 is 0 Å². The Hall–Kier alpha value is -0.120. The van der Waals surface area contributed by atoms with E-state index in [1.807, 2.05) is 13.8 Å². The predicted molar refractivity (Wildman–Crippen MR) is 52.8 cm³/mol. The average molecular weight is 187 g/mol. The second kappa shape index (κ2) is 5.58. The van der Waals surface area contributed by atoms with Gasteiger partial charge in [-0.1, -0.05) is 0 Å². The highest BCUT2D eigenvalue weighted by atomic mass is 16.5. The third kappa shape index (κ3) is 4.07. The van der Waals surface area contributed by atoms with Gasteiger partial charge in [0.25, 0.3) is 0 Å². The molecule has 1 N–H and O–H groups in total. The number of ether oxygens (including phenoxy) is 1. The van der Waals surface area contributed by atoms with Crippen molar-refractivity contribution < 1.29 is 9.84 Å². The molecule has 1 fully saturated rings. The van der Waals surface area contributed by atoms with E-state index in [0.29, 0.717) is 6.10 Å². The van der Waals surface area contributed by atoms with E-state index >= 15 is 0 Å². The van der Waals surface area contributed by atoms with Crippen molar-refractivity contribution in [3.8, 4) is 0 Å². The fourth-order valence-corrected chi connectivity index (χ4v) is 1.87. The van der Waals surface area contributed by atoms with Crippen LogP contribution in [0.2, 0.25) is 0 Å². The lowest BCUT2D eigenvalue weighted by Gasteiger charge is -2.32. The zero-order chi connectivity index (χ0) is 9.68. The van der Waals surface area contributed by atoms with E-state index < -0.39 is 0 Å². The highest BCUT2D eigenvalue weighted by Crippen LogP contribution is 2.13. The van der Waals surface area contributed by atoms with Gasteiger partial charge in [-0.05, 0) is 26.7 Å². The average Bonchev–Trinajstić information content (AvgIpc) is 2.08. The first-order valence-corrected chi connectivity index (χ1v) is 5.24. The van der Waals surface area contributed by atoms with Crippen molar-refractivity contribution in [1.82, 2.24) is 4.90 Å². The quantitative estimate of drug-likeness (QED) is 0.709. The van der Waals surface area contributed by atoms with E-state index in [9.17, 15) is 5.11 Å². The van der Waals surface area contributed by atoms with E-state index in [1.54, 1.807) is 0 Å². The first-order valence-electron chi connectivity index (χ1n) is 5.24. The SMILES string of the molecule is CCOC1CCN(CC(C)O)CC1. The minimum absolute atomic E-state index is 0.205. The molecule has 78 valence electrons. The van der Waals surface area contributed by atoms with Crippen molar-refractivity contribution >= 4 is 0 Å². The van der Waals surface area contributed by atoms with Crippen LogP contribution in [0, 0.1) is 0 Å². The highest BCUT2D eigenvalue weighted by Gasteiger charge is 2.19. The van der Waals surface area contributed by atoms with Gasteiger partial charge in [0.05, 0.1) is 12.2 Å². The number of rotatable bonds is 4. The van der Waals surface area contributed by atoms with Gasteiger partial charge in [-0.25, -0.2) is 0 Å². The molecular formula is C10H21NO2. The smallest absolute Gasteiger partial charge is 0.0639 e. The lowest BCUT2D eigenvalue weighted by Crippen LogP contribution is -2.40. The van der Waals surface area contributed by atoms with Gasteiger partial charge in [-0.15, -0.1) is 0 Å². The summed E-state index contributed by atoms with van der Waals surface area (Å²) in [5, 5.41) is 9.20. The molecule has 1 aliphatic heterocycles. The summed E-state index contributed by atoms with van der Waals surface area (Å²) in [5.74, 6) is 0. The van der Waals surface area contributed by atoms with Crippen LogP contribution in [0.1, 0.15) is 26.7 Å². The molecule has 1 saturated heterocycles. The van der Waals surface area contributed by atoms with Crippen molar-refractivity contribution in [1.29, 1.82) is 0 Å². The molecule has 1 atom stereocenters. The summed E-state index contributed by atoms with van der Waals surface area (Å²) < 4.78 is 5.55. The molecule has 1 rings (SSSR count). The Kier molecular flexibility index (Phi) is 4.70. The number of aliphatic hydroxyl groups is 1. The second-order valence-electron chi connectivity index (χ2n) is 3.80. The molecule has 0 bridgehead atoms. The Bertz CT molecular complexity index is 131. The number of nitrogens with zero attached hydrogens (tertiary/aromatic N) is 1. The molecule has 0 aromatic heterocycles. The number of hydrogen-bond donors (Lipinski definition) is 1. The molecule has 13 heavy (non-hydrogen) atoms. The fraction of sp³-hybridized carbons (Fsp3) is 1.00. The van der Waals surface area contributed by atoms with Crippen molar-refractivity contribution in [3.05, 3.63) is 0 Å². The van der Waals surface area contributed by atoms with Gasteiger partial charge in [0.2, 0.25) is 0 Å². The summed E-state index contributed by atoms with van der Waals surface area (Å²) in [7, 11) is 0. The topological polar surface area (TPSA) is 32.7 Å². The zero-order valence-corrected chi connectivity index (χ0v) is 8.70. The molecule has 1 aliphatic rings. The van der Waals surface area contributed by atoms with Gasteiger partial charge < -0.3 is 14.7 Å². The monoisotopic (exact) mass is 187 g/mol. The Balaban J connectivity index is 2.15. The van der Waals surface area contributed by atoms with Crippen molar-refractivity contribution in [2.75, 3.05) is 26.2 Å². The Morgan fingerprint density at radius 3 is 2.54 bits per heavy atom. The summed E-state index contributed by atoms with van der Waals surface area (Å²) in [6.07, 6.45) is 2.47. The van der Waals surface area contributed by atoms with Crippen LogP contribution in [0.3, 0.4) is 0 Å². The summed E-state index contributed by atoms with van der Waals surface area (Å²) in [4.78, 5) is 2.31. The number of hydrogen-bond acceptors (Lipinski definition) is 3. The fourth-order valence-electron chi connectivity index (χ4n) is 1.87. The summed E-state index contributed by atoms with van der Waals surface area (Å²) >= 11 is 0. The minimum Gasteiger partial charge on any atom is -0.392 e. The van der Waals surface area contributed by atoms with Crippen LogP contribution in [0.25, 0.3) is 0 Å². The molecular weight excluding hydrogens is 166 g/mol. The van der Waals surface area contributed by atoms with Crippen LogP contribution in [0.4, 0.5) is 0 Å².